The monoisotopic (exact) mass is 292 g/mol. The fourth-order valence-corrected chi connectivity index (χ4v) is 4.09. The third-order valence-electron chi connectivity index (χ3n) is 3.76. The van der Waals surface area contributed by atoms with Crippen LogP contribution in [0.5, 0.6) is 0 Å². The highest BCUT2D eigenvalue weighted by molar-refractivity contribution is 7.86. The highest BCUT2D eigenvalue weighted by Gasteiger charge is 2.40. The van der Waals surface area contributed by atoms with Crippen LogP contribution in [0, 0.1) is 5.92 Å². The molecule has 1 rings (SSSR count). The van der Waals surface area contributed by atoms with Crippen LogP contribution in [0.25, 0.3) is 0 Å². The van der Waals surface area contributed by atoms with Crippen LogP contribution in [0.2, 0.25) is 0 Å². The van der Waals surface area contributed by atoms with E-state index in [4.69, 9.17) is 5.11 Å². The van der Waals surface area contributed by atoms with Crippen molar-refractivity contribution in [3.63, 3.8) is 0 Å². The number of hydrogen-bond acceptors (Lipinski definition) is 3. The van der Waals surface area contributed by atoms with Crippen molar-refractivity contribution >= 4 is 16.2 Å². The molecule has 1 aliphatic heterocycles. The largest absolute Gasteiger partial charge is 0.481 e. The zero-order chi connectivity index (χ0) is 14.6. The van der Waals surface area contributed by atoms with E-state index in [1.165, 1.54) is 8.61 Å². The Labute approximate surface area is 115 Å². The van der Waals surface area contributed by atoms with Gasteiger partial charge in [0.1, 0.15) is 0 Å². The van der Waals surface area contributed by atoms with Crippen molar-refractivity contribution in [1.82, 2.24) is 8.61 Å². The van der Waals surface area contributed by atoms with E-state index >= 15 is 0 Å². The minimum Gasteiger partial charge on any atom is -0.481 e. The molecule has 0 bridgehead atoms. The molecule has 0 aromatic carbocycles. The van der Waals surface area contributed by atoms with Crippen LogP contribution in [0.15, 0.2) is 0 Å². The van der Waals surface area contributed by atoms with Crippen LogP contribution in [0.1, 0.15) is 39.5 Å². The lowest BCUT2D eigenvalue weighted by Gasteiger charge is -2.38. The van der Waals surface area contributed by atoms with Crippen LogP contribution >= 0.6 is 0 Å². The van der Waals surface area contributed by atoms with Crippen molar-refractivity contribution in [2.45, 2.75) is 45.6 Å². The van der Waals surface area contributed by atoms with Crippen LogP contribution in [-0.4, -0.2) is 54.3 Å². The summed E-state index contributed by atoms with van der Waals surface area (Å²) < 4.78 is 27.5. The fraction of sp³-hybridized carbons (Fsp3) is 0.917. The van der Waals surface area contributed by atoms with Crippen molar-refractivity contribution in [3.8, 4) is 0 Å². The van der Waals surface area contributed by atoms with Gasteiger partial charge in [-0.2, -0.15) is 17.0 Å². The lowest BCUT2D eigenvalue weighted by molar-refractivity contribution is -0.144. The Balaban J connectivity index is 2.84. The van der Waals surface area contributed by atoms with Gasteiger partial charge in [0, 0.05) is 26.2 Å². The molecular formula is C12H24N2O4S. The van der Waals surface area contributed by atoms with Gasteiger partial charge in [-0.3, -0.25) is 4.79 Å². The molecule has 2 atom stereocenters. The third-order valence-corrected chi connectivity index (χ3v) is 5.84. The molecule has 0 aromatic rings. The SMILES string of the molecule is CCCCN(C)S(=O)(=O)N1CCC[C@H](C(=O)O)[C@@H]1C. The van der Waals surface area contributed by atoms with E-state index in [0.29, 0.717) is 25.9 Å². The molecule has 112 valence electrons. The van der Waals surface area contributed by atoms with Crippen molar-refractivity contribution < 1.29 is 18.3 Å². The maximum absolute atomic E-state index is 12.4. The summed E-state index contributed by atoms with van der Waals surface area (Å²) in [5.41, 5.74) is 0. The Morgan fingerprint density at radius 1 is 1.47 bits per heavy atom. The van der Waals surface area contributed by atoms with Crippen LogP contribution in [0.4, 0.5) is 0 Å². The van der Waals surface area contributed by atoms with Gasteiger partial charge < -0.3 is 5.11 Å². The van der Waals surface area contributed by atoms with Crippen molar-refractivity contribution in [3.05, 3.63) is 0 Å². The van der Waals surface area contributed by atoms with Gasteiger partial charge in [0.05, 0.1) is 5.92 Å². The molecule has 1 heterocycles. The predicted octanol–water partition coefficient (Wildman–Crippen LogP) is 1.15. The molecule has 0 spiro atoms. The number of carboxylic acid groups (broad SMARTS) is 1. The van der Waals surface area contributed by atoms with E-state index < -0.39 is 28.1 Å². The third kappa shape index (κ3) is 3.67. The first kappa shape index (κ1) is 16.4. The van der Waals surface area contributed by atoms with Gasteiger partial charge >= 0.3 is 5.97 Å². The first-order valence-corrected chi connectivity index (χ1v) is 8.18. The first-order chi connectivity index (χ1) is 8.82. The Hall–Kier alpha value is -0.660. The minimum absolute atomic E-state index is 0.406. The lowest BCUT2D eigenvalue weighted by atomic mass is 9.92. The second kappa shape index (κ2) is 6.67. The molecule has 0 aliphatic carbocycles. The molecule has 1 N–H and O–H groups in total. The summed E-state index contributed by atoms with van der Waals surface area (Å²) in [4.78, 5) is 11.1. The molecule has 0 amide bonds. The topological polar surface area (TPSA) is 77.9 Å². The van der Waals surface area contributed by atoms with Gasteiger partial charge in [0.2, 0.25) is 0 Å². The summed E-state index contributed by atoms with van der Waals surface area (Å²) >= 11 is 0. The molecule has 1 saturated heterocycles. The molecular weight excluding hydrogens is 268 g/mol. The lowest BCUT2D eigenvalue weighted by Crippen LogP contribution is -2.53. The number of hydrogen-bond donors (Lipinski definition) is 1. The van der Waals surface area contributed by atoms with E-state index in [9.17, 15) is 13.2 Å². The predicted molar refractivity (Wildman–Crippen MR) is 73.0 cm³/mol. The maximum Gasteiger partial charge on any atom is 0.308 e. The van der Waals surface area contributed by atoms with E-state index in [1.807, 2.05) is 6.92 Å². The number of nitrogens with zero attached hydrogens (tertiary/aromatic N) is 2. The van der Waals surface area contributed by atoms with E-state index in [1.54, 1.807) is 14.0 Å². The minimum atomic E-state index is -3.55. The molecule has 1 fully saturated rings. The van der Waals surface area contributed by atoms with Crippen molar-refractivity contribution in [1.29, 1.82) is 0 Å². The Morgan fingerprint density at radius 2 is 2.11 bits per heavy atom. The van der Waals surface area contributed by atoms with Gasteiger partial charge in [-0.1, -0.05) is 13.3 Å². The fourth-order valence-electron chi connectivity index (χ4n) is 2.44. The summed E-state index contributed by atoms with van der Waals surface area (Å²) in [5.74, 6) is -1.52. The van der Waals surface area contributed by atoms with E-state index in [2.05, 4.69) is 0 Å². The van der Waals surface area contributed by atoms with Crippen molar-refractivity contribution in [2.75, 3.05) is 20.1 Å². The number of unbranched alkanes of at least 4 members (excludes halogenated alkanes) is 1. The van der Waals surface area contributed by atoms with Gasteiger partial charge in [0.25, 0.3) is 10.2 Å². The molecule has 0 radical (unpaired) electrons. The molecule has 19 heavy (non-hydrogen) atoms. The van der Waals surface area contributed by atoms with Crippen LogP contribution in [-0.2, 0) is 15.0 Å². The van der Waals surface area contributed by atoms with Gasteiger partial charge in [-0.15, -0.1) is 0 Å². The summed E-state index contributed by atoms with van der Waals surface area (Å²) in [6.07, 6.45) is 2.87. The quantitative estimate of drug-likeness (QED) is 0.796. The van der Waals surface area contributed by atoms with Gasteiger partial charge in [0.15, 0.2) is 0 Å². The number of piperidine rings is 1. The molecule has 7 heteroatoms. The number of aliphatic carboxylic acids is 1. The number of carbonyl (C=O) groups is 1. The Kier molecular flexibility index (Phi) is 5.76. The molecule has 1 aliphatic rings. The molecule has 0 aromatic heterocycles. The number of carboxylic acids is 1. The average Bonchev–Trinajstić information content (AvgIpc) is 2.35. The Morgan fingerprint density at radius 3 is 2.63 bits per heavy atom. The van der Waals surface area contributed by atoms with Crippen LogP contribution in [0.3, 0.4) is 0 Å². The van der Waals surface area contributed by atoms with Gasteiger partial charge in [-0.25, -0.2) is 0 Å². The van der Waals surface area contributed by atoms with Gasteiger partial charge in [-0.05, 0) is 26.2 Å². The first-order valence-electron chi connectivity index (χ1n) is 6.78. The smallest absolute Gasteiger partial charge is 0.308 e. The standard InChI is InChI=1S/C12H24N2O4S/c1-4-5-8-13(3)19(17,18)14-9-6-7-11(10(14)2)12(15)16/h10-11H,4-9H2,1-3H3,(H,15,16)/t10-,11-/m0/s1. The van der Waals surface area contributed by atoms with E-state index in [-0.39, 0.29) is 0 Å². The normalized spacial score (nSPS) is 25.7. The highest BCUT2D eigenvalue weighted by atomic mass is 32.2. The summed E-state index contributed by atoms with van der Waals surface area (Å²) in [6, 6.07) is -0.486. The summed E-state index contributed by atoms with van der Waals surface area (Å²) in [5, 5.41) is 9.14. The maximum atomic E-state index is 12.4. The second-order valence-electron chi connectivity index (χ2n) is 5.12. The summed E-state index contributed by atoms with van der Waals surface area (Å²) in [6.45, 7) is 4.57. The summed E-state index contributed by atoms with van der Waals surface area (Å²) in [7, 11) is -1.99. The number of rotatable bonds is 6. The molecule has 0 unspecified atom stereocenters. The molecule has 0 saturated carbocycles. The zero-order valence-electron chi connectivity index (χ0n) is 11.9. The Bertz CT molecular complexity index is 410. The van der Waals surface area contributed by atoms with Crippen LogP contribution < -0.4 is 0 Å². The average molecular weight is 292 g/mol. The van der Waals surface area contributed by atoms with Crippen molar-refractivity contribution in [2.24, 2.45) is 5.92 Å². The zero-order valence-corrected chi connectivity index (χ0v) is 12.7. The molecule has 6 nitrogen and oxygen atoms in total. The second-order valence-corrected chi connectivity index (χ2v) is 7.11. The van der Waals surface area contributed by atoms with E-state index in [0.717, 1.165) is 12.8 Å². The highest BCUT2D eigenvalue weighted by Crippen LogP contribution is 2.27.